The highest BCUT2D eigenvalue weighted by atomic mass is 16.5. The number of aromatic nitrogens is 3. The second kappa shape index (κ2) is 9.64. The molecule has 1 amide bonds. The van der Waals surface area contributed by atoms with Gasteiger partial charge < -0.3 is 19.0 Å². The van der Waals surface area contributed by atoms with Gasteiger partial charge in [-0.2, -0.15) is 4.98 Å². The number of morpholine rings is 1. The molecular weight excluding hydrogens is 386 g/mol. The molecular formula is C21H25N5O4. The summed E-state index contributed by atoms with van der Waals surface area (Å²) in [5.41, 5.74) is 0.826. The highest BCUT2D eigenvalue weighted by Crippen LogP contribution is 2.23. The molecule has 0 aliphatic carbocycles. The average molecular weight is 411 g/mol. The lowest BCUT2D eigenvalue weighted by atomic mass is 10.1. The van der Waals surface area contributed by atoms with Crippen molar-refractivity contribution in [3.05, 3.63) is 54.1 Å². The van der Waals surface area contributed by atoms with Gasteiger partial charge in [-0.25, -0.2) is 0 Å². The van der Waals surface area contributed by atoms with Gasteiger partial charge in [0, 0.05) is 50.4 Å². The smallest absolute Gasteiger partial charge is 0.227 e. The van der Waals surface area contributed by atoms with E-state index in [4.69, 9.17) is 13.7 Å². The minimum Gasteiger partial charge on any atom is -0.465 e. The Morgan fingerprint density at radius 3 is 2.73 bits per heavy atom. The second-order valence-corrected chi connectivity index (χ2v) is 7.16. The van der Waals surface area contributed by atoms with Crippen LogP contribution >= 0.6 is 0 Å². The third kappa shape index (κ3) is 5.11. The van der Waals surface area contributed by atoms with E-state index in [0.29, 0.717) is 37.9 Å². The molecule has 1 unspecified atom stereocenters. The monoisotopic (exact) mass is 411 g/mol. The van der Waals surface area contributed by atoms with Crippen molar-refractivity contribution in [1.29, 1.82) is 0 Å². The van der Waals surface area contributed by atoms with Crippen molar-refractivity contribution in [2.75, 3.05) is 32.8 Å². The number of hydrogen-bond acceptors (Lipinski definition) is 8. The molecule has 158 valence electrons. The van der Waals surface area contributed by atoms with E-state index in [0.717, 1.165) is 30.2 Å². The van der Waals surface area contributed by atoms with Gasteiger partial charge in [0.25, 0.3) is 0 Å². The first-order chi connectivity index (χ1) is 14.7. The largest absolute Gasteiger partial charge is 0.465 e. The van der Waals surface area contributed by atoms with Crippen LogP contribution in [0, 0.1) is 6.92 Å². The zero-order valence-corrected chi connectivity index (χ0v) is 16.9. The van der Waals surface area contributed by atoms with E-state index < -0.39 is 0 Å². The van der Waals surface area contributed by atoms with Crippen molar-refractivity contribution in [3.63, 3.8) is 0 Å². The number of nitrogens with one attached hydrogen (secondary N) is 1. The summed E-state index contributed by atoms with van der Waals surface area (Å²) in [4.78, 5) is 23.0. The predicted octanol–water partition coefficient (Wildman–Crippen LogP) is 2.16. The van der Waals surface area contributed by atoms with Crippen LogP contribution in [-0.2, 0) is 16.0 Å². The maximum absolute atomic E-state index is 12.4. The summed E-state index contributed by atoms with van der Waals surface area (Å²) in [5.74, 6) is 2.57. The van der Waals surface area contributed by atoms with Crippen LogP contribution in [0.3, 0.4) is 0 Å². The third-order valence-electron chi connectivity index (χ3n) is 5.04. The number of hydrogen-bond donors (Lipinski definition) is 1. The molecule has 1 fully saturated rings. The highest BCUT2D eigenvalue weighted by molar-refractivity contribution is 5.76. The van der Waals surface area contributed by atoms with Crippen LogP contribution in [-0.4, -0.2) is 58.8 Å². The summed E-state index contributed by atoms with van der Waals surface area (Å²) in [6.45, 7) is 5.36. The number of furan rings is 1. The van der Waals surface area contributed by atoms with Crippen LogP contribution in [0.2, 0.25) is 0 Å². The fraction of sp³-hybridized carbons (Fsp3) is 0.429. The van der Waals surface area contributed by atoms with Crippen molar-refractivity contribution in [2.24, 2.45) is 0 Å². The summed E-state index contributed by atoms with van der Waals surface area (Å²) in [5, 5.41) is 6.98. The minimum absolute atomic E-state index is 0.0201. The van der Waals surface area contributed by atoms with E-state index in [2.05, 4.69) is 25.3 Å². The van der Waals surface area contributed by atoms with Gasteiger partial charge in [-0.05, 0) is 31.2 Å². The molecule has 0 radical (unpaired) electrons. The van der Waals surface area contributed by atoms with E-state index in [-0.39, 0.29) is 18.4 Å². The van der Waals surface area contributed by atoms with Gasteiger partial charge >= 0.3 is 0 Å². The molecule has 4 heterocycles. The maximum atomic E-state index is 12.4. The van der Waals surface area contributed by atoms with Gasteiger partial charge in [0.05, 0.1) is 19.3 Å². The van der Waals surface area contributed by atoms with Gasteiger partial charge in [0.1, 0.15) is 11.5 Å². The third-order valence-corrected chi connectivity index (χ3v) is 5.04. The molecule has 1 N–H and O–H groups in total. The lowest BCUT2D eigenvalue weighted by molar-refractivity contribution is -0.121. The summed E-state index contributed by atoms with van der Waals surface area (Å²) in [6, 6.07) is 7.52. The Morgan fingerprint density at radius 2 is 2.00 bits per heavy atom. The van der Waals surface area contributed by atoms with Gasteiger partial charge in [0.2, 0.25) is 17.6 Å². The molecule has 0 bridgehead atoms. The van der Waals surface area contributed by atoms with Gasteiger partial charge in [-0.1, -0.05) is 5.16 Å². The van der Waals surface area contributed by atoms with Crippen LogP contribution in [0.25, 0.3) is 11.4 Å². The summed E-state index contributed by atoms with van der Waals surface area (Å²) < 4.78 is 16.5. The molecule has 1 atom stereocenters. The molecule has 1 aliphatic rings. The molecule has 0 spiro atoms. The fourth-order valence-electron chi connectivity index (χ4n) is 3.43. The Hall–Kier alpha value is -3.04. The topological polar surface area (TPSA) is 107 Å². The van der Waals surface area contributed by atoms with Crippen molar-refractivity contribution in [2.45, 2.75) is 25.8 Å². The summed E-state index contributed by atoms with van der Waals surface area (Å²) in [7, 11) is 0. The van der Waals surface area contributed by atoms with E-state index in [9.17, 15) is 4.79 Å². The molecule has 30 heavy (non-hydrogen) atoms. The molecule has 1 aliphatic heterocycles. The van der Waals surface area contributed by atoms with Crippen molar-refractivity contribution in [3.8, 4) is 11.4 Å². The molecule has 9 heteroatoms. The molecule has 9 nitrogen and oxygen atoms in total. The zero-order chi connectivity index (χ0) is 20.8. The Kier molecular flexibility index (Phi) is 6.50. The van der Waals surface area contributed by atoms with Crippen LogP contribution < -0.4 is 5.32 Å². The number of pyridine rings is 1. The number of rotatable bonds is 8. The van der Waals surface area contributed by atoms with E-state index in [1.165, 1.54) is 0 Å². The maximum Gasteiger partial charge on any atom is 0.227 e. The second-order valence-electron chi connectivity index (χ2n) is 7.16. The zero-order valence-electron chi connectivity index (χ0n) is 16.9. The average Bonchev–Trinajstić information content (AvgIpc) is 3.43. The number of carbonyl (C=O) groups excluding carboxylic acids is 1. The normalized spacial score (nSPS) is 15.8. The fourth-order valence-corrected chi connectivity index (χ4v) is 3.43. The number of carbonyl (C=O) groups is 1. The van der Waals surface area contributed by atoms with Crippen molar-refractivity contribution < 1.29 is 18.5 Å². The lowest BCUT2D eigenvalue weighted by Gasteiger charge is -2.33. The number of aryl methyl sites for hydroxylation is 2. The Labute approximate surface area is 174 Å². The van der Waals surface area contributed by atoms with E-state index in [1.807, 2.05) is 31.2 Å². The van der Waals surface area contributed by atoms with Crippen LogP contribution in [0.5, 0.6) is 0 Å². The van der Waals surface area contributed by atoms with Crippen LogP contribution in [0.15, 0.2) is 45.6 Å². The quantitative estimate of drug-likeness (QED) is 0.601. The molecule has 4 rings (SSSR count). The van der Waals surface area contributed by atoms with Crippen molar-refractivity contribution >= 4 is 5.91 Å². The van der Waals surface area contributed by atoms with Gasteiger partial charge in [0.15, 0.2) is 0 Å². The standard InChI is InChI=1S/C21H25N5O4/c1-15-2-3-18(29-15)17(26-10-12-28-13-11-26)14-23-19(27)4-5-20-24-21(25-30-20)16-6-8-22-9-7-16/h2-3,6-9,17H,4-5,10-14H2,1H3,(H,23,27). The van der Waals surface area contributed by atoms with Crippen LogP contribution in [0.4, 0.5) is 0 Å². The Morgan fingerprint density at radius 1 is 1.20 bits per heavy atom. The lowest BCUT2D eigenvalue weighted by Crippen LogP contribution is -2.43. The van der Waals surface area contributed by atoms with Crippen LogP contribution in [0.1, 0.15) is 29.9 Å². The first kappa shape index (κ1) is 20.2. The molecule has 1 saturated heterocycles. The van der Waals surface area contributed by atoms with E-state index in [1.54, 1.807) is 12.4 Å². The number of nitrogens with zero attached hydrogens (tertiary/aromatic N) is 4. The Bertz CT molecular complexity index is 949. The first-order valence-electron chi connectivity index (χ1n) is 10.1. The Balaban J connectivity index is 1.31. The SMILES string of the molecule is Cc1ccc(C(CNC(=O)CCc2nc(-c3ccncc3)no2)N2CCOCC2)o1. The predicted molar refractivity (Wildman–Crippen MR) is 107 cm³/mol. The minimum atomic E-state index is -0.0693. The summed E-state index contributed by atoms with van der Waals surface area (Å²) >= 11 is 0. The molecule has 3 aromatic rings. The highest BCUT2D eigenvalue weighted by Gasteiger charge is 2.25. The summed E-state index contributed by atoms with van der Waals surface area (Å²) in [6.07, 6.45) is 3.99. The molecule has 0 saturated carbocycles. The van der Waals surface area contributed by atoms with E-state index >= 15 is 0 Å². The van der Waals surface area contributed by atoms with Crippen molar-refractivity contribution in [1.82, 2.24) is 25.3 Å². The number of amides is 1. The first-order valence-corrected chi connectivity index (χ1v) is 10.1. The molecule has 3 aromatic heterocycles. The van der Waals surface area contributed by atoms with Gasteiger partial charge in [-0.15, -0.1) is 0 Å². The van der Waals surface area contributed by atoms with Gasteiger partial charge in [-0.3, -0.25) is 14.7 Å². The number of ether oxygens (including phenoxy) is 1. The molecule has 0 aromatic carbocycles.